The molecule has 16 aromatic rings. The Morgan fingerprint density at radius 1 is 0.256 bits per heavy atom. The zero-order valence-electron chi connectivity index (χ0n) is 52.3. The summed E-state index contributed by atoms with van der Waals surface area (Å²) in [5.74, 6) is 0. The minimum atomic E-state index is 0. The summed E-state index contributed by atoms with van der Waals surface area (Å²) in [6, 6.07) is 114. The van der Waals surface area contributed by atoms with Crippen LogP contribution >= 0.6 is 11.6 Å². The van der Waals surface area contributed by atoms with Gasteiger partial charge in [-0.3, -0.25) is 4.70 Å². The van der Waals surface area contributed by atoms with Crippen molar-refractivity contribution < 1.29 is 10.2 Å². The van der Waals surface area contributed by atoms with Gasteiger partial charge in [0.15, 0.2) is 0 Å². The quantitative estimate of drug-likeness (QED) is 0.126. The molecule has 3 nitrogen and oxygen atoms in total. The van der Waals surface area contributed by atoms with E-state index in [2.05, 4.69) is 232 Å². The predicted octanol–water partition coefficient (Wildman–Crippen LogP) is 24.5. The molecule has 0 radical (unpaired) electrons. The molecule has 0 saturated heterocycles. The third-order valence-corrected chi connectivity index (χ3v) is 16.9. The van der Waals surface area contributed by atoms with Crippen molar-refractivity contribution in [3.63, 3.8) is 0 Å². The fourth-order valence-electron chi connectivity index (χ4n) is 12.2. The molecule has 0 N–H and O–H groups in total. The number of anilines is 3. The normalized spacial score (nSPS) is 11.6. The Labute approximate surface area is 535 Å². The highest BCUT2D eigenvalue weighted by Crippen LogP contribution is 2.41. The lowest BCUT2D eigenvalue weighted by Gasteiger charge is -2.26. The van der Waals surface area contributed by atoms with E-state index >= 15 is 0 Å². The summed E-state index contributed by atoms with van der Waals surface area (Å²) in [5, 5.41) is 4.90. The van der Waals surface area contributed by atoms with Crippen molar-refractivity contribution in [1.82, 2.24) is 9.13 Å². The molecule has 2 heterocycles. The standard InChI is InChI=1S/C54H38N2.C30H20ClN.CH4.FH/c1-4-12-39(13-5-1)42-20-29-47(30-21-42)55(48-31-22-43(23-32-48)40-14-6-2-7-15-40)49-33-26-45(27-34-49)46-28-37-54-52(38-46)51-18-10-11-19-53(51)56(54)50-35-24-44(25-36-50)41-16-8-3-9-17-41;31-25-15-10-23(11-16-25)24-14-19-30-28(20-24)27-8-4-5-9-29(27)32(30)26-17-12-22(13-18-26)21-6-2-1-3-7-21;;/h1-38H;1-20H;1H4;1H/i11D,28D;5D,14D;;. The van der Waals surface area contributed by atoms with Gasteiger partial charge in [-0.2, -0.15) is 0 Å². The topological polar surface area (TPSA) is 13.1 Å². The lowest BCUT2D eigenvalue weighted by Crippen LogP contribution is -2.09. The monoisotopic (exact) mass is 1180 g/mol. The Kier molecular flexibility index (Phi) is 15.1. The second-order valence-electron chi connectivity index (χ2n) is 21.9. The molecule has 0 spiro atoms. The van der Waals surface area contributed by atoms with E-state index < -0.39 is 0 Å². The molecule has 0 aliphatic heterocycles. The van der Waals surface area contributed by atoms with Gasteiger partial charge in [0.25, 0.3) is 0 Å². The van der Waals surface area contributed by atoms with Crippen molar-refractivity contribution in [3.8, 4) is 78.1 Å². The van der Waals surface area contributed by atoms with Crippen LogP contribution in [-0.4, -0.2) is 9.13 Å². The van der Waals surface area contributed by atoms with E-state index in [0.717, 1.165) is 105 Å². The molecule has 0 saturated carbocycles. The Bertz CT molecular complexity index is 5240. The average molecular weight is 1180 g/mol. The second-order valence-corrected chi connectivity index (χ2v) is 22.3. The molecule has 2 aromatic heterocycles. The van der Waals surface area contributed by atoms with E-state index in [0.29, 0.717) is 29.2 Å². The highest BCUT2D eigenvalue weighted by molar-refractivity contribution is 6.30. The van der Waals surface area contributed by atoms with Crippen molar-refractivity contribution in [1.29, 1.82) is 0 Å². The largest absolute Gasteiger partial charge is 0.311 e. The number of hydrogen-bond acceptors (Lipinski definition) is 1. The minimum absolute atomic E-state index is 0. The Morgan fingerprint density at radius 2 is 0.522 bits per heavy atom. The molecule has 0 atom stereocenters. The second kappa shape index (κ2) is 25.6. The number of benzene rings is 14. The van der Waals surface area contributed by atoms with E-state index in [4.69, 9.17) is 15.7 Å². The number of aromatic nitrogens is 2. The van der Waals surface area contributed by atoms with Crippen molar-refractivity contribution in [2.24, 2.45) is 0 Å². The summed E-state index contributed by atoms with van der Waals surface area (Å²) in [4.78, 5) is 2.28. The van der Waals surface area contributed by atoms with E-state index in [-0.39, 0.29) is 12.1 Å². The van der Waals surface area contributed by atoms with Crippen LogP contribution in [-0.2, 0) is 0 Å². The zero-order valence-corrected chi connectivity index (χ0v) is 49.1. The van der Waals surface area contributed by atoms with Crippen molar-refractivity contribution in [3.05, 3.63) is 357 Å². The van der Waals surface area contributed by atoms with Gasteiger partial charge in [-0.1, -0.05) is 262 Å². The summed E-state index contributed by atoms with van der Waals surface area (Å²) >= 11 is 6.08. The lowest BCUT2D eigenvalue weighted by atomic mass is 10.0. The highest BCUT2D eigenvalue weighted by atomic mass is 35.5. The van der Waals surface area contributed by atoms with Crippen LogP contribution in [0.15, 0.2) is 352 Å². The molecule has 14 aromatic carbocycles. The minimum Gasteiger partial charge on any atom is -0.311 e. The van der Waals surface area contributed by atoms with Crippen molar-refractivity contribution >= 4 is 72.3 Å². The Balaban J connectivity index is 0.000000190. The summed E-state index contributed by atoms with van der Waals surface area (Å²) in [6.07, 6.45) is 0. The first-order valence-electron chi connectivity index (χ1n) is 31.6. The van der Waals surface area contributed by atoms with Crippen LogP contribution in [0.5, 0.6) is 0 Å². The molecule has 432 valence electrons. The summed E-state index contributed by atoms with van der Waals surface area (Å²) in [5.41, 5.74) is 21.9. The number of rotatable bonds is 11. The van der Waals surface area contributed by atoms with Gasteiger partial charge in [0.2, 0.25) is 0 Å². The van der Waals surface area contributed by atoms with Crippen LogP contribution in [0.25, 0.3) is 122 Å². The molecule has 5 heteroatoms. The number of fused-ring (bicyclic) bond motifs is 6. The van der Waals surface area contributed by atoms with E-state index in [1.807, 2.05) is 109 Å². The molecule has 0 aliphatic carbocycles. The highest BCUT2D eigenvalue weighted by Gasteiger charge is 2.18. The van der Waals surface area contributed by atoms with Gasteiger partial charge in [0.1, 0.15) is 0 Å². The lowest BCUT2D eigenvalue weighted by molar-refractivity contribution is 1.11. The fourth-order valence-corrected chi connectivity index (χ4v) is 12.3. The molecule has 0 unspecified atom stereocenters. The van der Waals surface area contributed by atoms with Crippen molar-refractivity contribution in [2.45, 2.75) is 7.43 Å². The first kappa shape index (κ1) is 53.0. The van der Waals surface area contributed by atoms with E-state index in [1.54, 1.807) is 0 Å². The molecule has 0 fully saturated rings. The third-order valence-electron chi connectivity index (χ3n) is 16.6. The maximum atomic E-state index is 9.34. The average Bonchev–Trinajstić information content (AvgIpc) is 1.59. The molecule has 0 bridgehead atoms. The summed E-state index contributed by atoms with van der Waals surface area (Å²) in [7, 11) is 0. The van der Waals surface area contributed by atoms with Crippen LogP contribution in [0.3, 0.4) is 0 Å². The zero-order chi connectivity index (χ0) is 62.2. The van der Waals surface area contributed by atoms with Crippen LogP contribution < -0.4 is 4.90 Å². The summed E-state index contributed by atoms with van der Waals surface area (Å²) < 4.78 is 39.2. The van der Waals surface area contributed by atoms with Crippen LogP contribution in [0.2, 0.25) is 5.02 Å². The number of nitrogens with zero attached hydrogens (tertiary/aromatic N) is 3. The van der Waals surface area contributed by atoms with Crippen LogP contribution in [0.4, 0.5) is 21.8 Å². The van der Waals surface area contributed by atoms with Gasteiger partial charge in [0.05, 0.1) is 27.5 Å². The van der Waals surface area contributed by atoms with Gasteiger partial charge in [-0.05, 0) is 176 Å². The van der Waals surface area contributed by atoms with Crippen molar-refractivity contribution in [2.75, 3.05) is 4.90 Å². The molecular formula is C85H63ClFN3. The van der Waals surface area contributed by atoms with Gasteiger partial charge < -0.3 is 14.0 Å². The maximum Gasteiger partial charge on any atom is 0.0630 e. The van der Waals surface area contributed by atoms with E-state index in [1.165, 1.54) is 33.4 Å². The molecule has 16 rings (SSSR count). The van der Waals surface area contributed by atoms with Gasteiger partial charge in [-0.15, -0.1) is 0 Å². The molecule has 90 heavy (non-hydrogen) atoms. The van der Waals surface area contributed by atoms with Gasteiger partial charge >= 0.3 is 0 Å². The van der Waals surface area contributed by atoms with E-state index in [9.17, 15) is 1.37 Å². The third kappa shape index (κ3) is 11.4. The Morgan fingerprint density at radius 3 is 0.844 bits per heavy atom. The smallest absolute Gasteiger partial charge is 0.0630 e. The fraction of sp³-hybridized carbons (Fsp3) is 0.0118. The number of para-hydroxylation sites is 2. The molecular weight excluding hydrogens is 1120 g/mol. The number of halogens is 2. The number of hydrogen-bond donors (Lipinski definition) is 0. The maximum absolute atomic E-state index is 9.34. The first-order chi connectivity index (χ1) is 45.1. The van der Waals surface area contributed by atoms with Crippen LogP contribution in [0, 0.1) is 0 Å². The SMILES string of the molecule is C.F.[2H]c1ccc2c3cc(-c4ccc(Cl)cc4)c([2H])cc3n(-c3ccc(-c4ccccc4)cc3)c2c1.[2H]c1ccc2c3cc(-c4ccc(N(c5ccc(-c6ccccc6)cc5)c5ccc(-c6ccccc6)cc5)cc4)c([2H])cc3n(-c3ccc(-c4ccccc4)cc3)c2c1. The van der Waals surface area contributed by atoms with Gasteiger partial charge in [-0.25, -0.2) is 0 Å². The van der Waals surface area contributed by atoms with Crippen LogP contribution in [0.1, 0.15) is 12.9 Å². The van der Waals surface area contributed by atoms with Gasteiger partial charge in [0, 0.05) is 55.0 Å². The molecule has 0 amide bonds. The first-order valence-corrected chi connectivity index (χ1v) is 29.9. The molecule has 0 aliphatic rings. The Hall–Kier alpha value is -11.3. The summed E-state index contributed by atoms with van der Waals surface area (Å²) in [6.45, 7) is 0. The predicted molar refractivity (Wildman–Crippen MR) is 383 cm³/mol.